The first-order valence-electron chi connectivity index (χ1n) is 7.21. The van der Waals surface area contributed by atoms with Crippen molar-refractivity contribution in [3.8, 4) is 11.5 Å². The van der Waals surface area contributed by atoms with Crippen molar-refractivity contribution in [2.75, 3.05) is 6.54 Å². The number of aryl methyl sites for hydroxylation is 1. The van der Waals surface area contributed by atoms with Crippen LogP contribution in [0.2, 0.25) is 0 Å². The van der Waals surface area contributed by atoms with Crippen LogP contribution in [0.25, 0.3) is 11.5 Å². The summed E-state index contributed by atoms with van der Waals surface area (Å²) in [6.45, 7) is 7.45. The van der Waals surface area contributed by atoms with E-state index in [1.165, 1.54) is 0 Å². The van der Waals surface area contributed by atoms with E-state index in [4.69, 9.17) is 4.74 Å². The molecular weight excluding hydrogens is 286 g/mol. The first kappa shape index (κ1) is 14.5. The first-order chi connectivity index (χ1) is 10.4. The second kappa shape index (κ2) is 5.39. The summed E-state index contributed by atoms with van der Waals surface area (Å²) in [4.78, 5) is 13.9. The number of rotatable bonds is 1. The lowest BCUT2D eigenvalue weighted by molar-refractivity contribution is 0.0236. The lowest BCUT2D eigenvalue weighted by Crippen LogP contribution is -2.36. The molecule has 0 spiro atoms. The van der Waals surface area contributed by atoms with Crippen LogP contribution in [0.1, 0.15) is 32.9 Å². The SMILES string of the molecule is CC(C)(C)OC(=O)N1CCCn2nc(-c3nnn[nH]3)cc2C1. The molecule has 0 aliphatic carbocycles. The molecule has 0 saturated heterocycles. The molecule has 2 aromatic heterocycles. The summed E-state index contributed by atoms with van der Waals surface area (Å²) in [5.41, 5.74) is 1.11. The van der Waals surface area contributed by atoms with E-state index in [1.54, 1.807) is 4.90 Å². The van der Waals surface area contributed by atoms with Crippen molar-refractivity contribution in [3.05, 3.63) is 11.8 Å². The van der Waals surface area contributed by atoms with E-state index in [-0.39, 0.29) is 6.09 Å². The van der Waals surface area contributed by atoms with Crippen LogP contribution in [-0.2, 0) is 17.8 Å². The highest BCUT2D eigenvalue weighted by atomic mass is 16.6. The summed E-state index contributed by atoms with van der Waals surface area (Å²) >= 11 is 0. The predicted octanol–water partition coefficient (Wildman–Crippen LogP) is 1.20. The van der Waals surface area contributed by atoms with Crippen molar-refractivity contribution in [2.24, 2.45) is 0 Å². The van der Waals surface area contributed by atoms with Crippen molar-refractivity contribution < 1.29 is 9.53 Å². The Hall–Kier alpha value is -2.45. The van der Waals surface area contributed by atoms with Gasteiger partial charge in [-0.25, -0.2) is 9.89 Å². The minimum Gasteiger partial charge on any atom is -0.444 e. The van der Waals surface area contributed by atoms with Crippen molar-refractivity contribution in [2.45, 2.75) is 45.9 Å². The maximum absolute atomic E-state index is 12.2. The second-order valence-electron chi connectivity index (χ2n) is 6.25. The van der Waals surface area contributed by atoms with Crippen LogP contribution in [0.15, 0.2) is 6.07 Å². The van der Waals surface area contributed by atoms with Crippen molar-refractivity contribution >= 4 is 6.09 Å². The normalized spacial score (nSPS) is 15.3. The fraction of sp³-hybridized carbons (Fsp3) is 0.615. The van der Waals surface area contributed by atoms with Crippen molar-refractivity contribution in [1.82, 2.24) is 35.3 Å². The molecule has 1 N–H and O–H groups in total. The molecular formula is C13H19N7O2. The van der Waals surface area contributed by atoms with Gasteiger partial charge in [0, 0.05) is 13.1 Å². The Morgan fingerprint density at radius 1 is 1.36 bits per heavy atom. The Morgan fingerprint density at radius 3 is 2.86 bits per heavy atom. The molecule has 22 heavy (non-hydrogen) atoms. The van der Waals surface area contributed by atoms with E-state index in [0.29, 0.717) is 24.6 Å². The number of aromatic nitrogens is 6. The van der Waals surface area contributed by atoms with Gasteiger partial charge in [0.25, 0.3) is 0 Å². The van der Waals surface area contributed by atoms with Crippen molar-refractivity contribution in [1.29, 1.82) is 0 Å². The number of aromatic amines is 1. The van der Waals surface area contributed by atoms with Gasteiger partial charge in [0.1, 0.15) is 11.3 Å². The van der Waals surface area contributed by atoms with Gasteiger partial charge in [0.2, 0.25) is 0 Å². The number of ether oxygens (including phenoxy) is 1. The second-order valence-corrected chi connectivity index (χ2v) is 6.25. The minimum absolute atomic E-state index is 0.301. The zero-order chi connectivity index (χ0) is 15.7. The Bertz CT molecular complexity index is 656. The molecule has 0 fully saturated rings. The van der Waals surface area contributed by atoms with Crippen LogP contribution in [0, 0.1) is 0 Å². The van der Waals surface area contributed by atoms with Crippen LogP contribution in [0.5, 0.6) is 0 Å². The third-order valence-corrected chi connectivity index (χ3v) is 3.25. The molecule has 0 radical (unpaired) electrons. The Labute approximate surface area is 127 Å². The smallest absolute Gasteiger partial charge is 0.410 e. The number of nitrogens with zero attached hydrogens (tertiary/aromatic N) is 6. The molecule has 1 amide bonds. The largest absolute Gasteiger partial charge is 0.444 e. The van der Waals surface area contributed by atoms with Gasteiger partial charge in [-0.1, -0.05) is 0 Å². The summed E-state index contributed by atoms with van der Waals surface area (Å²) < 4.78 is 7.34. The molecule has 0 aromatic carbocycles. The third-order valence-electron chi connectivity index (χ3n) is 3.25. The summed E-state index contributed by atoms with van der Waals surface area (Å²) in [6.07, 6.45) is 0.521. The monoisotopic (exact) mass is 305 g/mol. The van der Waals surface area contributed by atoms with E-state index in [0.717, 1.165) is 18.7 Å². The maximum atomic E-state index is 12.2. The number of nitrogens with one attached hydrogen (secondary N) is 1. The number of hydrogen-bond donors (Lipinski definition) is 1. The Kier molecular flexibility index (Phi) is 3.55. The summed E-state index contributed by atoms with van der Waals surface area (Å²) in [7, 11) is 0. The zero-order valence-corrected chi connectivity index (χ0v) is 12.9. The minimum atomic E-state index is -0.500. The zero-order valence-electron chi connectivity index (χ0n) is 12.9. The van der Waals surface area contributed by atoms with Crippen LogP contribution in [0.4, 0.5) is 4.79 Å². The Morgan fingerprint density at radius 2 is 2.18 bits per heavy atom. The van der Waals surface area contributed by atoms with Gasteiger partial charge in [0.05, 0.1) is 12.2 Å². The number of carbonyl (C=O) groups excluding carboxylic acids is 1. The lowest BCUT2D eigenvalue weighted by atomic mass is 10.2. The van der Waals surface area contributed by atoms with E-state index in [9.17, 15) is 4.79 Å². The van der Waals surface area contributed by atoms with E-state index in [2.05, 4.69) is 25.7 Å². The average Bonchev–Trinajstić information content (AvgIpc) is 3.02. The molecule has 3 heterocycles. The molecule has 0 bridgehead atoms. The van der Waals surface area contributed by atoms with Crippen molar-refractivity contribution in [3.63, 3.8) is 0 Å². The van der Waals surface area contributed by atoms with E-state index in [1.807, 2.05) is 31.5 Å². The molecule has 1 aliphatic rings. The van der Waals surface area contributed by atoms with Gasteiger partial charge >= 0.3 is 6.09 Å². The maximum Gasteiger partial charge on any atom is 0.410 e. The molecule has 3 rings (SSSR count). The lowest BCUT2D eigenvalue weighted by Gasteiger charge is -2.26. The molecule has 2 aromatic rings. The number of tetrazole rings is 1. The highest BCUT2D eigenvalue weighted by Gasteiger charge is 2.25. The van der Waals surface area contributed by atoms with Gasteiger partial charge in [-0.05, 0) is 43.7 Å². The fourth-order valence-electron chi connectivity index (χ4n) is 2.33. The van der Waals surface area contributed by atoms with Gasteiger partial charge in [-0.15, -0.1) is 5.10 Å². The molecule has 0 unspecified atom stereocenters. The van der Waals surface area contributed by atoms with E-state index < -0.39 is 5.60 Å². The van der Waals surface area contributed by atoms with Crippen LogP contribution in [-0.4, -0.2) is 53.5 Å². The highest BCUT2D eigenvalue weighted by Crippen LogP contribution is 2.20. The van der Waals surface area contributed by atoms with Gasteiger partial charge in [-0.2, -0.15) is 5.10 Å². The quantitative estimate of drug-likeness (QED) is 0.849. The number of fused-ring (bicyclic) bond motifs is 1. The van der Waals surface area contributed by atoms with Gasteiger partial charge in [0.15, 0.2) is 5.82 Å². The first-order valence-corrected chi connectivity index (χ1v) is 7.21. The standard InChI is InChI=1S/C13H19N7O2/c1-13(2,3)22-12(21)19-5-4-6-20-9(8-19)7-10(16-20)11-14-17-18-15-11/h7H,4-6,8H2,1-3H3,(H,14,15,17,18). The summed E-state index contributed by atoms with van der Waals surface area (Å²) in [5.74, 6) is 0.518. The highest BCUT2D eigenvalue weighted by molar-refractivity contribution is 5.68. The van der Waals surface area contributed by atoms with Crippen LogP contribution in [0.3, 0.4) is 0 Å². The van der Waals surface area contributed by atoms with E-state index >= 15 is 0 Å². The molecule has 0 saturated carbocycles. The third kappa shape index (κ3) is 3.07. The average molecular weight is 305 g/mol. The summed E-state index contributed by atoms with van der Waals surface area (Å²) in [6, 6.07) is 1.89. The van der Waals surface area contributed by atoms with Crippen LogP contribution < -0.4 is 0 Å². The summed E-state index contributed by atoms with van der Waals surface area (Å²) in [5, 5.41) is 18.1. The molecule has 9 nitrogen and oxygen atoms in total. The molecule has 1 aliphatic heterocycles. The predicted molar refractivity (Wildman–Crippen MR) is 76.7 cm³/mol. The molecule has 9 heteroatoms. The fourth-order valence-corrected chi connectivity index (χ4v) is 2.33. The van der Waals surface area contributed by atoms with Gasteiger partial charge < -0.3 is 9.64 Å². The van der Waals surface area contributed by atoms with Crippen LogP contribution >= 0.6 is 0 Å². The Balaban J connectivity index is 1.79. The van der Waals surface area contributed by atoms with Gasteiger partial charge in [-0.3, -0.25) is 4.68 Å². The number of hydrogen-bond acceptors (Lipinski definition) is 6. The topological polar surface area (TPSA) is 102 Å². The number of carbonyl (C=O) groups is 1. The molecule has 0 atom stereocenters. The number of amides is 1. The molecule has 118 valence electrons. The number of H-pyrrole nitrogens is 1.